The Balaban J connectivity index is 0.000000293. The van der Waals surface area contributed by atoms with Crippen LogP contribution in [0.3, 0.4) is 0 Å². The van der Waals surface area contributed by atoms with Crippen LogP contribution in [0.4, 0.5) is 0 Å². The van der Waals surface area contributed by atoms with Gasteiger partial charge in [0, 0.05) is 0 Å². The SMILES string of the molecule is CCC1OC1c1ccccc1.O=CO. The van der Waals surface area contributed by atoms with Crippen LogP contribution in [0.5, 0.6) is 0 Å². The van der Waals surface area contributed by atoms with Gasteiger partial charge in [0.1, 0.15) is 6.10 Å². The Morgan fingerprint density at radius 3 is 2.43 bits per heavy atom. The maximum absolute atomic E-state index is 8.36. The second-order valence-electron chi connectivity index (χ2n) is 3.02. The van der Waals surface area contributed by atoms with E-state index in [-0.39, 0.29) is 6.47 Å². The zero-order valence-electron chi connectivity index (χ0n) is 8.09. The van der Waals surface area contributed by atoms with E-state index in [0.717, 1.165) is 6.42 Å². The molecule has 2 rings (SSSR count). The molecule has 0 radical (unpaired) electrons. The zero-order chi connectivity index (χ0) is 10.4. The molecule has 1 aromatic carbocycles. The molecule has 1 aromatic rings. The number of carboxylic acid groups (broad SMARTS) is 1. The van der Waals surface area contributed by atoms with Gasteiger partial charge in [-0.05, 0) is 12.0 Å². The van der Waals surface area contributed by atoms with Crippen molar-refractivity contribution in [3.05, 3.63) is 35.9 Å². The Labute approximate surface area is 83.3 Å². The van der Waals surface area contributed by atoms with Crippen LogP contribution in [0.15, 0.2) is 30.3 Å². The summed E-state index contributed by atoms with van der Waals surface area (Å²) in [6.45, 7) is 1.91. The summed E-state index contributed by atoms with van der Waals surface area (Å²) in [6, 6.07) is 10.4. The van der Waals surface area contributed by atoms with E-state index in [2.05, 4.69) is 31.2 Å². The van der Waals surface area contributed by atoms with Crippen LogP contribution < -0.4 is 0 Å². The molecule has 0 aromatic heterocycles. The number of benzene rings is 1. The highest BCUT2D eigenvalue weighted by Gasteiger charge is 2.37. The van der Waals surface area contributed by atoms with Crippen LogP contribution in [-0.2, 0) is 9.53 Å². The van der Waals surface area contributed by atoms with Crippen molar-refractivity contribution in [2.45, 2.75) is 25.6 Å². The quantitative estimate of drug-likeness (QED) is 0.580. The first-order chi connectivity index (χ1) is 6.83. The molecule has 76 valence electrons. The van der Waals surface area contributed by atoms with E-state index in [4.69, 9.17) is 14.6 Å². The highest BCUT2D eigenvalue weighted by molar-refractivity contribution is 5.32. The molecule has 0 amide bonds. The standard InChI is InChI=1S/C10H12O.CH2O2/c1-2-9-10(11-9)8-6-4-3-5-7-8;2-1-3/h3-7,9-10H,2H2,1H3;1H,(H,2,3). The Morgan fingerprint density at radius 2 is 2.00 bits per heavy atom. The predicted octanol–water partition coefficient (Wildman–Crippen LogP) is 2.24. The molecule has 0 spiro atoms. The van der Waals surface area contributed by atoms with Crippen LogP contribution in [-0.4, -0.2) is 17.7 Å². The molecule has 1 N–H and O–H groups in total. The van der Waals surface area contributed by atoms with E-state index in [1.54, 1.807) is 0 Å². The van der Waals surface area contributed by atoms with E-state index in [0.29, 0.717) is 12.2 Å². The van der Waals surface area contributed by atoms with Crippen molar-refractivity contribution >= 4 is 6.47 Å². The Morgan fingerprint density at radius 1 is 1.43 bits per heavy atom. The average Bonchev–Trinajstić information content (AvgIpc) is 2.99. The molecule has 0 aliphatic carbocycles. The lowest BCUT2D eigenvalue weighted by Crippen LogP contribution is -1.84. The molecule has 2 unspecified atom stereocenters. The van der Waals surface area contributed by atoms with E-state index >= 15 is 0 Å². The topological polar surface area (TPSA) is 49.8 Å². The lowest BCUT2D eigenvalue weighted by atomic mass is 10.1. The third kappa shape index (κ3) is 2.85. The largest absolute Gasteiger partial charge is 0.483 e. The van der Waals surface area contributed by atoms with Gasteiger partial charge in [0.25, 0.3) is 6.47 Å². The normalized spacial score (nSPS) is 23.2. The number of rotatable bonds is 2. The first-order valence-corrected chi connectivity index (χ1v) is 4.61. The Kier molecular flexibility index (Phi) is 4.13. The summed E-state index contributed by atoms with van der Waals surface area (Å²) in [5.41, 5.74) is 1.32. The van der Waals surface area contributed by atoms with Gasteiger partial charge < -0.3 is 9.84 Å². The van der Waals surface area contributed by atoms with Gasteiger partial charge in [-0.2, -0.15) is 0 Å². The molecule has 1 aliphatic rings. The van der Waals surface area contributed by atoms with Crippen molar-refractivity contribution in [3.63, 3.8) is 0 Å². The van der Waals surface area contributed by atoms with Crippen LogP contribution in [0, 0.1) is 0 Å². The molecule has 3 nitrogen and oxygen atoms in total. The minimum Gasteiger partial charge on any atom is -0.483 e. The van der Waals surface area contributed by atoms with Gasteiger partial charge in [-0.1, -0.05) is 37.3 Å². The molecule has 1 saturated heterocycles. The lowest BCUT2D eigenvalue weighted by molar-refractivity contribution is -0.122. The van der Waals surface area contributed by atoms with E-state index in [1.165, 1.54) is 5.56 Å². The molecule has 14 heavy (non-hydrogen) atoms. The summed E-state index contributed by atoms with van der Waals surface area (Å²) in [6.07, 6.45) is 2.00. The van der Waals surface area contributed by atoms with Crippen LogP contribution in [0.2, 0.25) is 0 Å². The van der Waals surface area contributed by atoms with E-state index in [1.807, 2.05) is 6.07 Å². The average molecular weight is 194 g/mol. The van der Waals surface area contributed by atoms with Gasteiger partial charge in [-0.15, -0.1) is 0 Å². The number of hydrogen-bond acceptors (Lipinski definition) is 2. The molecule has 2 atom stereocenters. The molecule has 0 bridgehead atoms. The summed E-state index contributed by atoms with van der Waals surface area (Å²) < 4.78 is 5.45. The predicted molar refractivity (Wildman–Crippen MR) is 53.0 cm³/mol. The van der Waals surface area contributed by atoms with Gasteiger partial charge in [0.15, 0.2) is 0 Å². The minimum atomic E-state index is -0.250. The third-order valence-electron chi connectivity index (χ3n) is 2.11. The van der Waals surface area contributed by atoms with Crippen molar-refractivity contribution in [2.24, 2.45) is 0 Å². The monoisotopic (exact) mass is 194 g/mol. The van der Waals surface area contributed by atoms with E-state index in [9.17, 15) is 0 Å². The zero-order valence-corrected chi connectivity index (χ0v) is 8.09. The molecule has 1 fully saturated rings. The number of epoxide rings is 1. The fourth-order valence-electron chi connectivity index (χ4n) is 1.39. The lowest BCUT2D eigenvalue weighted by Gasteiger charge is -1.91. The van der Waals surface area contributed by atoms with Crippen molar-refractivity contribution in [3.8, 4) is 0 Å². The van der Waals surface area contributed by atoms with Crippen LogP contribution in [0.1, 0.15) is 25.0 Å². The second kappa shape index (κ2) is 5.40. The van der Waals surface area contributed by atoms with E-state index < -0.39 is 0 Å². The first-order valence-electron chi connectivity index (χ1n) is 4.61. The van der Waals surface area contributed by atoms with Gasteiger partial charge in [-0.25, -0.2) is 0 Å². The van der Waals surface area contributed by atoms with Crippen molar-refractivity contribution in [1.29, 1.82) is 0 Å². The van der Waals surface area contributed by atoms with Crippen molar-refractivity contribution < 1.29 is 14.6 Å². The van der Waals surface area contributed by atoms with Crippen molar-refractivity contribution in [2.75, 3.05) is 0 Å². The second-order valence-corrected chi connectivity index (χ2v) is 3.02. The van der Waals surface area contributed by atoms with Crippen molar-refractivity contribution in [1.82, 2.24) is 0 Å². The van der Waals surface area contributed by atoms with Gasteiger partial charge in [0.05, 0.1) is 6.10 Å². The highest BCUT2D eigenvalue weighted by Crippen LogP contribution is 2.40. The smallest absolute Gasteiger partial charge is 0.290 e. The first kappa shape index (κ1) is 10.7. The highest BCUT2D eigenvalue weighted by atomic mass is 16.6. The maximum atomic E-state index is 8.36. The Hall–Kier alpha value is -1.35. The number of ether oxygens (including phenoxy) is 1. The summed E-state index contributed by atoms with van der Waals surface area (Å²) in [5, 5.41) is 6.89. The third-order valence-corrected chi connectivity index (χ3v) is 2.11. The molecule has 1 heterocycles. The van der Waals surface area contributed by atoms with Gasteiger partial charge in [-0.3, -0.25) is 4.79 Å². The number of carbonyl (C=O) groups is 1. The number of hydrogen-bond donors (Lipinski definition) is 1. The summed E-state index contributed by atoms with van der Waals surface area (Å²) in [5.74, 6) is 0. The Bertz CT molecular complexity index is 271. The van der Waals surface area contributed by atoms with Crippen LogP contribution >= 0.6 is 0 Å². The minimum absolute atomic E-state index is 0.250. The molecule has 0 saturated carbocycles. The fourth-order valence-corrected chi connectivity index (χ4v) is 1.39. The van der Waals surface area contributed by atoms with Crippen LogP contribution in [0.25, 0.3) is 0 Å². The molecule has 1 aliphatic heterocycles. The summed E-state index contributed by atoms with van der Waals surface area (Å²) in [4.78, 5) is 8.36. The maximum Gasteiger partial charge on any atom is 0.290 e. The molecular formula is C11H14O3. The molecular weight excluding hydrogens is 180 g/mol. The fraction of sp³-hybridized carbons (Fsp3) is 0.364. The summed E-state index contributed by atoms with van der Waals surface area (Å²) >= 11 is 0. The molecule has 3 heteroatoms. The van der Waals surface area contributed by atoms with Gasteiger partial charge in [0.2, 0.25) is 0 Å². The summed E-state index contributed by atoms with van der Waals surface area (Å²) in [7, 11) is 0. The van der Waals surface area contributed by atoms with Gasteiger partial charge >= 0.3 is 0 Å².